The molecule has 0 aliphatic carbocycles. The molecule has 9 nitrogen and oxygen atoms in total. The van der Waals surface area contributed by atoms with Crippen molar-refractivity contribution in [3.63, 3.8) is 0 Å². The van der Waals surface area contributed by atoms with Crippen LogP contribution in [0.5, 0.6) is 0 Å². The number of nitrogens with one attached hydrogen (secondary N) is 2. The number of carbonyl (C=O) groups excluding carboxylic acids is 1. The summed E-state index contributed by atoms with van der Waals surface area (Å²) >= 11 is 0. The fraction of sp³-hybridized carbons (Fsp3) is 0.240. The Balaban J connectivity index is 1.41. The predicted molar refractivity (Wildman–Crippen MR) is 137 cm³/mol. The van der Waals surface area contributed by atoms with E-state index in [0.717, 1.165) is 25.2 Å². The van der Waals surface area contributed by atoms with E-state index in [1.54, 1.807) is 61.8 Å². The molecule has 1 saturated heterocycles. The van der Waals surface area contributed by atoms with Crippen molar-refractivity contribution in [3.05, 3.63) is 78.1 Å². The molecule has 1 aliphatic heterocycles. The van der Waals surface area contributed by atoms with Crippen LogP contribution in [0, 0.1) is 0 Å². The minimum atomic E-state index is -3.90. The van der Waals surface area contributed by atoms with Gasteiger partial charge in [-0.3, -0.25) is 24.5 Å². The summed E-state index contributed by atoms with van der Waals surface area (Å²) in [7, 11) is -3.90. The molecular weight excluding hydrogens is 464 g/mol. The number of benzene rings is 2. The monoisotopic (exact) mass is 492 g/mol. The summed E-state index contributed by atoms with van der Waals surface area (Å²) in [4.78, 5) is 21.3. The van der Waals surface area contributed by atoms with Gasteiger partial charge in [0.05, 0.1) is 11.9 Å². The zero-order valence-electron chi connectivity index (χ0n) is 19.5. The van der Waals surface area contributed by atoms with Crippen molar-refractivity contribution >= 4 is 39.6 Å². The van der Waals surface area contributed by atoms with E-state index in [4.69, 9.17) is 0 Å². The third kappa shape index (κ3) is 5.67. The predicted octanol–water partition coefficient (Wildman–Crippen LogP) is 3.53. The van der Waals surface area contributed by atoms with E-state index in [9.17, 15) is 13.2 Å². The molecule has 0 saturated carbocycles. The van der Waals surface area contributed by atoms with Gasteiger partial charge in [-0.25, -0.2) is 8.42 Å². The smallest absolute Gasteiger partial charge is 0.264 e. The number of hydrogen-bond acceptors (Lipinski definition) is 6. The van der Waals surface area contributed by atoms with Gasteiger partial charge < -0.3 is 4.90 Å². The lowest BCUT2D eigenvalue weighted by Crippen LogP contribution is -2.48. The Morgan fingerprint density at radius 1 is 1.17 bits per heavy atom. The zero-order valence-corrected chi connectivity index (χ0v) is 20.3. The molecule has 182 valence electrons. The van der Waals surface area contributed by atoms with Gasteiger partial charge in [-0.2, -0.15) is 5.10 Å². The third-order valence-electron chi connectivity index (χ3n) is 5.80. The molecule has 2 heterocycles. The molecule has 2 N–H and O–H groups in total. The number of aromatic nitrogens is 2. The molecule has 35 heavy (non-hydrogen) atoms. The van der Waals surface area contributed by atoms with Gasteiger partial charge in [0, 0.05) is 67.5 Å². The van der Waals surface area contributed by atoms with E-state index in [0.29, 0.717) is 35.6 Å². The van der Waals surface area contributed by atoms with Gasteiger partial charge in [0.1, 0.15) is 4.90 Å². The second-order valence-corrected chi connectivity index (χ2v) is 9.79. The molecule has 0 radical (unpaired) electrons. The Kier molecular flexibility index (Phi) is 7.42. The minimum absolute atomic E-state index is 0.0569. The highest BCUT2D eigenvalue weighted by molar-refractivity contribution is 7.92. The van der Waals surface area contributed by atoms with Gasteiger partial charge in [0.2, 0.25) is 0 Å². The number of aliphatic imine (C=N–C) groups is 1. The summed E-state index contributed by atoms with van der Waals surface area (Å²) in [6.45, 7) is 9.07. The average Bonchev–Trinajstić information content (AvgIpc) is 3.37. The maximum absolute atomic E-state index is 13.1. The molecule has 1 fully saturated rings. The number of aromatic amines is 1. The lowest BCUT2D eigenvalue weighted by Gasteiger charge is -2.34. The second kappa shape index (κ2) is 10.7. The Hall–Kier alpha value is -3.76. The van der Waals surface area contributed by atoms with E-state index in [-0.39, 0.29) is 10.8 Å². The van der Waals surface area contributed by atoms with Crippen molar-refractivity contribution in [2.45, 2.75) is 18.4 Å². The first-order valence-corrected chi connectivity index (χ1v) is 12.8. The van der Waals surface area contributed by atoms with Crippen LogP contribution in [0.2, 0.25) is 0 Å². The van der Waals surface area contributed by atoms with Crippen molar-refractivity contribution in [1.29, 1.82) is 0 Å². The number of H-pyrrole nitrogens is 1. The van der Waals surface area contributed by atoms with Gasteiger partial charge in [0.25, 0.3) is 15.9 Å². The Labute approximate surface area is 205 Å². The van der Waals surface area contributed by atoms with Crippen LogP contribution in [0.15, 0.2) is 71.3 Å². The number of piperazine rings is 1. The molecule has 1 amide bonds. The SMILES string of the molecule is C=Cc1cccc(S(=O)(=O)Nc2ccc(C(=O)N3CCN(Cc4cn[nH]c4)CC3)cc2)c1/N=C\C. The van der Waals surface area contributed by atoms with E-state index in [1.165, 1.54) is 6.07 Å². The third-order valence-corrected chi connectivity index (χ3v) is 7.22. The van der Waals surface area contributed by atoms with Gasteiger partial charge in [-0.15, -0.1) is 0 Å². The fourth-order valence-corrected chi connectivity index (χ4v) is 5.23. The summed E-state index contributed by atoms with van der Waals surface area (Å²) in [5.74, 6) is -0.0689. The zero-order chi connectivity index (χ0) is 24.8. The largest absolute Gasteiger partial charge is 0.336 e. The quantitative estimate of drug-likeness (QED) is 0.468. The standard InChI is InChI=1S/C25H28N6O3S/c1-3-20-6-5-7-23(24(20)26-4-2)35(33,34)29-22-10-8-21(9-11-22)25(32)31-14-12-30(13-15-31)18-19-16-27-28-17-19/h3-11,16-17,29H,1,12-15,18H2,2H3,(H,27,28)/b26-4-. The summed E-state index contributed by atoms with van der Waals surface area (Å²) in [5.41, 5.74) is 2.95. The Morgan fingerprint density at radius 2 is 1.91 bits per heavy atom. The molecule has 1 aromatic heterocycles. The molecule has 0 unspecified atom stereocenters. The van der Waals surface area contributed by atoms with E-state index >= 15 is 0 Å². The van der Waals surface area contributed by atoms with Crippen LogP contribution in [0.25, 0.3) is 6.08 Å². The van der Waals surface area contributed by atoms with Crippen molar-refractivity contribution in [3.8, 4) is 0 Å². The Bertz CT molecular complexity index is 1310. The van der Waals surface area contributed by atoms with Crippen molar-refractivity contribution in [2.75, 3.05) is 30.9 Å². The van der Waals surface area contributed by atoms with Crippen molar-refractivity contribution in [2.24, 2.45) is 4.99 Å². The van der Waals surface area contributed by atoms with Crippen molar-refractivity contribution in [1.82, 2.24) is 20.0 Å². The highest BCUT2D eigenvalue weighted by Gasteiger charge is 2.23. The second-order valence-electron chi connectivity index (χ2n) is 8.14. The number of sulfonamides is 1. The molecular formula is C25H28N6O3S. The molecule has 4 rings (SSSR count). The lowest BCUT2D eigenvalue weighted by molar-refractivity contribution is 0.0628. The minimum Gasteiger partial charge on any atom is -0.336 e. The molecule has 0 spiro atoms. The normalized spacial score (nSPS) is 14.8. The lowest BCUT2D eigenvalue weighted by atomic mass is 10.1. The first-order valence-electron chi connectivity index (χ1n) is 11.3. The maximum atomic E-state index is 13.1. The van der Waals surface area contributed by atoms with Crippen LogP contribution in [0.1, 0.15) is 28.4 Å². The fourth-order valence-electron chi connectivity index (χ4n) is 3.99. The van der Waals surface area contributed by atoms with E-state index < -0.39 is 10.0 Å². The summed E-state index contributed by atoms with van der Waals surface area (Å²) in [5, 5.41) is 6.78. The highest BCUT2D eigenvalue weighted by atomic mass is 32.2. The average molecular weight is 493 g/mol. The van der Waals surface area contributed by atoms with Gasteiger partial charge in [-0.1, -0.05) is 24.8 Å². The summed E-state index contributed by atoms with van der Waals surface area (Å²) in [6.07, 6.45) is 6.79. The van der Waals surface area contributed by atoms with Crippen molar-refractivity contribution < 1.29 is 13.2 Å². The van der Waals surface area contributed by atoms with Crippen LogP contribution in [0.3, 0.4) is 0 Å². The first-order chi connectivity index (χ1) is 16.9. The molecule has 0 atom stereocenters. The van der Waals surface area contributed by atoms with E-state index in [2.05, 4.69) is 31.4 Å². The molecule has 2 aromatic carbocycles. The Morgan fingerprint density at radius 3 is 2.54 bits per heavy atom. The molecule has 1 aliphatic rings. The van der Waals surface area contributed by atoms with Crippen LogP contribution in [-0.4, -0.2) is 66.7 Å². The maximum Gasteiger partial charge on any atom is 0.264 e. The number of amides is 1. The molecule has 0 bridgehead atoms. The molecule has 10 heteroatoms. The highest BCUT2D eigenvalue weighted by Crippen LogP contribution is 2.30. The van der Waals surface area contributed by atoms with Gasteiger partial charge in [0.15, 0.2) is 0 Å². The van der Waals surface area contributed by atoms with Gasteiger partial charge >= 0.3 is 0 Å². The van der Waals surface area contributed by atoms with Crippen LogP contribution in [-0.2, 0) is 16.6 Å². The number of hydrogen-bond donors (Lipinski definition) is 2. The number of carbonyl (C=O) groups is 1. The summed E-state index contributed by atoms with van der Waals surface area (Å²) < 4.78 is 28.7. The number of nitrogens with zero attached hydrogens (tertiary/aromatic N) is 4. The topological polar surface area (TPSA) is 111 Å². The van der Waals surface area contributed by atoms with E-state index in [1.807, 2.05) is 11.1 Å². The number of anilines is 1. The van der Waals surface area contributed by atoms with Crippen LogP contribution < -0.4 is 4.72 Å². The van der Waals surface area contributed by atoms with Crippen LogP contribution >= 0.6 is 0 Å². The summed E-state index contributed by atoms with van der Waals surface area (Å²) in [6, 6.07) is 11.4. The first kappa shape index (κ1) is 24.4. The number of para-hydroxylation sites is 1. The number of rotatable bonds is 8. The molecule has 3 aromatic rings. The van der Waals surface area contributed by atoms with Gasteiger partial charge in [-0.05, 0) is 37.3 Å². The van der Waals surface area contributed by atoms with Crippen LogP contribution in [0.4, 0.5) is 11.4 Å².